The van der Waals surface area contributed by atoms with E-state index in [4.69, 9.17) is 5.11 Å². The van der Waals surface area contributed by atoms with Gasteiger partial charge in [0, 0.05) is 13.6 Å². The Labute approximate surface area is 64.5 Å². The molecule has 0 aromatic rings. The van der Waals surface area contributed by atoms with Gasteiger partial charge in [0.05, 0.1) is 12.5 Å². The fourth-order valence-corrected chi connectivity index (χ4v) is 0.993. The molecule has 1 saturated heterocycles. The van der Waals surface area contributed by atoms with Crippen LogP contribution in [0.2, 0.25) is 0 Å². The maximum atomic E-state index is 10.2. The Hall–Kier alpha value is -1.26. The van der Waals surface area contributed by atoms with Gasteiger partial charge < -0.3 is 15.7 Å². The monoisotopic (exact) mass is 157 g/mol. The molecule has 5 nitrogen and oxygen atoms in total. The van der Waals surface area contributed by atoms with Crippen LogP contribution in [0.15, 0.2) is 4.99 Å². The van der Waals surface area contributed by atoms with Crippen molar-refractivity contribution in [3.63, 3.8) is 0 Å². The molecule has 0 amide bonds. The van der Waals surface area contributed by atoms with E-state index in [1.54, 1.807) is 7.05 Å². The molecule has 5 heteroatoms. The van der Waals surface area contributed by atoms with Crippen molar-refractivity contribution < 1.29 is 9.90 Å². The molecule has 1 atom stereocenters. The third-order valence-electron chi connectivity index (χ3n) is 1.50. The van der Waals surface area contributed by atoms with Crippen molar-refractivity contribution >= 4 is 11.9 Å². The van der Waals surface area contributed by atoms with Crippen LogP contribution in [0.25, 0.3) is 0 Å². The number of carbonyl (C=O) groups is 1. The van der Waals surface area contributed by atoms with E-state index in [0.717, 1.165) is 0 Å². The van der Waals surface area contributed by atoms with E-state index >= 15 is 0 Å². The Morgan fingerprint density at radius 3 is 3.09 bits per heavy atom. The lowest BCUT2D eigenvalue weighted by atomic mass is 10.2. The Bertz CT molecular complexity index is 190. The van der Waals surface area contributed by atoms with E-state index in [9.17, 15) is 4.79 Å². The molecule has 0 spiro atoms. The number of hydrogen-bond donors (Lipinski definition) is 3. The molecule has 0 aromatic heterocycles. The topological polar surface area (TPSA) is 73.7 Å². The van der Waals surface area contributed by atoms with Crippen molar-refractivity contribution in [2.24, 2.45) is 4.99 Å². The van der Waals surface area contributed by atoms with Gasteiger partial charge in [-0.25, -0.2) is 0 Å². The largest absolute Gasteiger partial charge is 0.481 e. The maximum absolute atomic E-state index is 10.2. The van der Waals surface area contributed by atoms with Crippen LogP contribution in [-0.4, -0.2) is 36.7 Å². The summed E-state index contributed by atoms with van der Waals surface area (Å²) in [5, 5.41) is 14.3. The molecule has 0 radical (unpaired) electrons. The highest BCUT2D eigenvalue weighted by Crippen LogP contribution is 1.95. The van der Waals surface area contributed by atoms with Crippen molar-refractivity contribution in [3.05, 3.63) is 0 Å². The van der Waals surface area contributed by atoms with Crippen molar-refractivity contribution in [2.75, 3.05) is 13.6 Å². The van der Waals surface area contributed by atoms with E-state index in [1.807, 2.05) is 0 Å². The first-order valence-corrected chi connectivity index (χ1v) is 3.41. The third-order valence-corrected chi connectivity index (χ3v) is 1.50. The lowest BCUT2D eigenvalue weighted by molar-refractivity contribution is -0.137. The Morgan fingerprint density at radius 2 is 2.64 bits per heavy atom. The van der Waals surface area contributed by atoms with Crippen LogP contribution in [0.3, 0.4) is 0 Å². The number of carboxylic acid groups (broad SMARTS) is 1. The van der Waals surface area contributed by atoms with E-state index in [0.29, 0.717) is 12.5 Å². The summed E-state index contributed by atoms with van der Waals surface area (Å²) in [6.45, 7) is 0.638. The van der Waals surface area contributed by atoms with Crippen LogP contribution < -0.4 is 10.6 Å². The highest BCUT2D eigenvalue weighted by atomic mass is 16.4. The van der Waals surface area contributed by atoms with Crippen molar-refractivity contribution in [2.45, 2.75) is 12.5 Å². The molecule has 0 aliphatic carbocycles. The van der Waals surface area contributed by atoms with Crippen LogP contribution in [0.4, 0.5) is 0 Å². The summed E-state index contributed by atoms with van der Waals surface area (Å²) < 4.78 is 0. The normalized spacial score (nSPS) is 26.3. The van der Waals surface area contributed by atoms with Gasteiger partial charge in [0.15, 0.2) is 5.96 Å². The minimum Gasteiger partial charge on any atom is -0.481 e. The number of aliphatic imine (C=N–C) groups is 1. The minimum absolute atomic E-state index is 0.0220. The summed E-state index contributed by atoms with van der Waals surface area (Å²) >= 11 is 0. The predicted octanol–water partition coefficient (Wildman–Crippen LogP) is -0.992. The first-order valence-electron chi connectivity index (χ1n) is 3.41. The van der Waals surface area contributed by atoms with Gasteiger partial charge in [-0.2, -0.15) is 0 Å². The van der Waals surface area contributed by atoms with Gasteiger partial charge in [-0.05, 0) is 0 Å². The SMILES string of the molecule is CN=C1NCC(CC(=O)O)N1. The second-order valence-corrected chi connectivity index (χ2v) is 2.39. The summed E-state index contributed by atoms with van der Waals surface area (Å²) in [6.07, 6.45) is 0.131. The second kappa shape index (κ2) is 3.23. The average Bonchev–Trinajstić information content (AvgIpc) is 2.34. The lowest BCUT2D eigenvalue weighted by Crippen LogP contribution is -2.29. The van der Waals surface area contributed by atoms with Crippen LogP contribution in [0.1, 0.15) is 6.42 Å². The predicted molar refractivity (Wildman–Crippen MR) is 40.5 cm³/mol. The van der Waals surface area contributed by atoms with Gasteiger partial charge in [-0.3, -0.25) is 9.79 Å². The van der Waals surface area contributed by atoms with E-state index < -0.39 is 5.97 Å². The first-order chi connectivity index (χ1) is 5.22. The quantitative estimate of drug-likeness (QED) is 0.481. The second-order valence-electron chi connectivity index (χ2n) is 2.39. The van der Waals surface area contributed by atoms with Gasteiger partial charge in [-0.15, -0.1) is 0 Å². The molecule has 0 aromatic carbocycles. The number of rotatable bonds is 2. The van der Waals surface area contributed by atoms with E-state index in [-0.39, 0.29) is 12.5 Å². The summed E-state index contributed by atoms with van der Waals surface area (Å²) in [7, 11) is 1.65. The van der Waals surface area contributed by atoms with Crippen molar-refractivity contribution in [3.8, 4) is 0 Å². The van der Waals surface area contributed by atoms with Gasteiger partial charge in [0.1, 0.15) is 0 Å². The molecule has 1 unspecified atom stereocenters. The number of carboxylic acids is 1. The molecule has 1 fully saturated rings. The number of aliphatic carboxylic acids is 1. The zero-order chi connectivity index (χ0) is 8.27. The lowest BCUT2D eigenvalue weighted by Gasteiger charge is -2.03. The van der Waals surface area contributed by atoms with Crippen LogP contribution in [0, 0.1) is 0 Å². The minimum atomic E-state index is -0.790. The smallest absolute Gasteiger partial charge is 0.305 e. The van der Waals surface area contributed by atoms with Crippen molar-refractivity contribution in [1.82, 2.24) is 10.6 Å². The molecule has 1 rings (SSSR count). The Balaban J connectivity index is 2.36. The van der Waals surface area contributed by atoms with Gasteiger partial charge >= 0.3 is 5.97 Å². The summed E-state index contributed by atoms with van der Waals surface area (Å²) in [5.41, 5.74) is 0. The van der Waals surface area contributed by atoms with Gasteiger partial charge in [0.25, 0.3) is 0 Å². The number of nitrogens with one attached hydrogen (secondary N) is 2. The van der Waals surface area contributed by atoms with Crippen LogP contribution >= 0.6 is 0 Å². The highest BCUT2D eigenvalue weighted by molar-refractivity contribution is 5.83. The van der Waals surface area contributed by atoms with Crippen LogP contribution in [0.5, 0.6) is 0 Å². The molecule has 3 N–H and O–H groups in total. The highest BCUT2D eigenvalue weighted by Gasteiger charge is 2.20. The zero-order valence-electron chi connectivity index (χ0n) is 6.29. The summed E-state index contributed by atoms with van der Waals surface area (Å²) in [6, 6.07) is -0.0220. The molecule has 0 saturated carbocycles. The molecule has 1 aliphatic rings. The molecule has 11 heavy (non-hydrogen) atoms. The van der Waals surface area contributed by atoms with Gasteiger partial charge in [-0.1, -0.05) is 0 Å². The molecule has 62 valence electrons. The molecular formula is C6H11N3O2. The number of guanidine groups is 1. The van der Waals surface area contributed by atoms with Crippen LogP contribution in [-0.2, 0) is 4.79 Å². The van der Waals surface area contributed by atoms with Gasteiger partial charge in [0.2, 0.25) is 0 Å². The fourth-order valence-electron chi connectivity index (χ4n) is 0.993. The van der Waals surface area contributed by atoms with Crippen molar-refractivity contribution in [1.29, 1.82) is 0 Å². The maximum Gasteiger partial charge on any atom is 0.305 e. The molecule has 1 heterocycles. The first kappa shape index (κ1) is 7.84. The number of hydrogen-bond acceptors (Lipinski definition) is 2. The average molecular weight is 157 g/mol. The number of nitrogens with zero attached hydrogens (tertiary/aromatic N) is 1. The third kappa shape index (κ3) is 2.10. The summed E-state index contributed by atoms with van der Waals surface area (Å²) in [5.74, 6) is -0.113. The standard InChI is InChI=1S/C6H11N3O2/c1-7-6-8-3-4(9-6)2-5(10)11/h4H,2-3H2,1H3,(H,10,11)(H2,7,8,9). The zero-order valence-corrected chi connectivity index (χ0v) is 6.29. The molecular weight excluding hydrogens is 146 g/mol. The molecule has 0 bridgehead atoms. The summed E-state index contributed by atoms with van der Waals surface area (Å²) in [4.78, 5) is 14.1. The Morgan fingerprint density at radius 1 is 1.91 bits per heavy atom. The van der Waals surface area contributed by atoms with E-state index in [1.165, 1.54) is 0 Å². The van der Waals surface area contributed by atoms with E-state index in [2.05, 4.69) is 15.6 Å². The Kier molecular flexibility index (Phi) is 2.30. The fraction of sp³-hybridized carbons (Fsp3) is 0.667. The molecule has 1 aliphatic heterocycles.